The van der Waals surface area contributed by atoms with E-state index in [2.05, 4.69) is 26.0 Å². The molecule has 3 N–H and O–H groups in total. The van der Waals surface area contributed by atoms with Gasteiger partial charge in [-0.25, -0.2) is 0 Å². The second-order valence-electron chi connectivity index (χ2n) is 5.04. The molecule has 122 valence electrons. The Morgan fingerprint density at radius 2 is 1.71 bits per heavy atom. The van der Waals surface area contributed by atoms with Crippen molar-refractivity contribution in [1.29, 1.82) is 0 Å². The van der Waals surface area contributed by atoms with E-state index in [0.29, 0.717) is 17.5 Å². The van der Waals surface area contributed by atoms with Gasteiger partial charge in [0.1, 0.15) is 0 Å². The largest absolute Gasteiger partial charge is 0.357 e. The van der Waals surface area contributed by atoms with Gasteiger partial charge in [0.25, 0.3) is 5.91 Å². The number of nitrogens with zero attached hydrogens (tertiary/aromatic N) is 3. The van der Waals surface area contributed by atoms with Crippen LogP contribution in [0, 0.1) is 0 Å². The van der Waals surface area contributed by atoms with E-state index in [4.69, 9.17) is 0 Å². The van der Waals surface area contributed by atoms with Crippen LogP contribution in [0.2, 0.25) is 0 Å². The van der Waals surface area contributed by atoms with Crippen LogP contribution in [0.5, 0.6) is 0 Å². The fourth-order valence-corrected chi connectivity index (χ4v) is 2.25. The van der Waals surface area contributed by atoms with E-state index in [0.717, 1.165) is 11.4 Å². The third kappa shape index (κ3) is 3.19. The third-order valence-electron chi connectivity index (χ3n) is 3.46. The van der Waals surface area contributed by atoms with Crippen molar-refractivity contribution in [3.05, 3.63) is 60.2 Å². The normalized spacial score (nSPS) is 10.2. The van der Waals surface area contributed by atoms with Crippen LogP contribution in [0.4, 0.5) is 17.6 Å². The van der Waals surface area contributed by atoms with Gasteiger partial charge in [-0.15, -0.1) is 5.10 Å². The molecule has 0 saturated carbocycles. The fraction of sp³-hybridized carbons (Fsp3) is 0.118. The van der Waals surface area contributed by atoms with Crippen LogP contribution in [-0.2, 0) is 0 Å². The van der Waals surface area contributed by atoms with Crippen LogP contribution in [-0.4, -0.2) is 34.8 Å². The average Bonchev–Trinajstić information content (AvgIpc) is 3.05. The highest BCUT2D eigenvalue weighted by Crippen LogP contribution is 2.19. The molecule has 2 aromatic carbocycles. The van der Waals surface area contributed by atoms with E-state index in [1.165, 1.54) is 0 Å². The minimum Gasteiger partial charge on any atom is -0.357 e. The molecule has 0 saturated heterocycles. The molecule has 7 heteroatoms. The molecule has 1 heterocycles. The maximum atomic E-state index is 11.6. The molecule has 0 aliphatic rings. The quantitative estimate of drug-likeness (QED) is 0.672. The molecule has 7 nitrogen and oxygen atoms in total. The van der Waals surface area contributed by atoms with Crippen LogP contribution in [0.25, 0.3) is 5.69 Å². The molecule has 1 aromatic heterocycles. The standard InChI is InChI=1S/C17H18N6O/c1-18-15(24)12-8-10-13(11-9-12)20-16-21-17(19-2)23(22-16)14-6-4-3-5-7-14/h3-11H,1-2H3,(H,18,24)(H2,19,20,21,22). The highest BCUT2D eigenvalue weighted by Gasteiger charge is 2.10. The zero-order valence-corrected chi connectivity index (χ0v) is 13.4. The molecule has 0 aliphatic carbocycles. The van der Waals surface area contributed by atoms with Gasteiger partial charge in [-0.3, -0.25) is 4.79 Å². The lowest BCUT2D eigenvalue weighted by atomic mass is 10.2. The van der Waals surface area contributed by atoms with Gasteiger partial charge in [-0.05, 0) is 36.4 Å². The molecular formula is C17H18N6O. The highest BCUT2D eigenvalue weighted by molar-refractivity contribution is 5.94. The van der Waals surface area contributed by atoms with Crippen molar-refractivity contribution in [2.45, 2.75) is 0 Å². The number of nitrogens with one attached hydrogen (secondary N) is 3. The second-order valence-corrected chi connectivity index (χ2v) is 5.04. The van der Waals surface area contributed by atoms with Gasteiger partial charge in [0.05, 0.1) is 5.69 Å². The van der Waals surface area contributed by atoms with Crippen molar-refractivity contribution in [3.63, 3.8) is 0 Å². The molecular weight excluding hydrogens is 304 g/mol. The third-order valence-corrected chi connectivity index (χ3v) is 3.46. The Morgan fingerprint density at radius 1 is 1.00 bits per heavy atom. The van der Waals surface area contributed by atoms with Gasteiger partial charge < -0.3 is 16.0 Å². The van der Waals surface area contributed by atoms with Crippen molar-refractivity contribution in [1.82, 2.24) is 20.1 Å². The Kier molecular flexibility index (Phi) is 4.42. The topological polar surface area (TPSA) is 83.9 Å². The predicted molar refractivity (Wildman–Crippen MR) is 94.0 cm³/mol. The summed E-state index contributed by atoms with van der Waals surface area (Å²) in [6.07, 6.45) is 0. The molecule has 0 aliphatic heterocycles. The zero-order chi connectivity index (χ0) is 16.9. The van der Waals surface area contributed by atoms with Crippen molar-refractivity contribution in [2.75, 3.05) is 24.7 Å². The molecule has 0 atom stereocenters. The minimum atomic E-state index is -0.120. The number of anilines is 3. The molecule has 0 fully saturated rings. The summed E-state index contributed by atoms with van der Waals surface area (Å²) >= 11 is 0. The number of hydrogen-bond donors (Lipinski definition) is 3. The SMILES string of the molecule is CNC(=O)c1ccc(Nc2nc(NC)n(-c3ccccc3)n2)cc1. The molecule has 0 radical (unpaired) electrons. The Morgan fingerprint density at radius 3 is 2.33 bits per heavy atom. The summed E-state index contributed by atoms with van der Waals surface area (Å²) in [5.41, 5.74) is 2.31. The second kappa shape index (κ2) is 6.82. The molecule has 0 spiro atoms. The lowest BCUT2D eigenvalue weighted by Gasteiger charge is -2.04. The molecule has 3 rings (SSSR count). The van der Waals surface area contributed by atoms with Crippen molar-refractivity contribution in [2.24, 2.45) is 0 Å². The lowest BCUT2D eigenvalue weighted by Crippen LogP contribution is -2.17. The molecule has 3 aromatic rings. The van der Waals surface area contributed by atoms with E-state index in [1.807, 2.05) is 42.5 Å². The lowest BCUT2D eigenvalue weighted by molar-refractivity contribution is 0.0963. The summed E-state index contributed by atoms with van der Waals surface area (Å²) in [6.45, 7) is 0. The van der Waals surface area contributed by atoms with Crippen molar-refractivity contribution >= 4 is 23.5 Å². The number of rotatable bonds is 5. The van der Waals surface area contributed by atoms with Gasteiger partial charge in [0, 0.05) is 25.3 Å². The monoisotopic (exact) mass is 322 g/mol. The average molecular weight is 322 g/mol. The van der Waals surface area contributed by atoms with Crippen molar-refractivity contribution in [3.8, 4) is 5.69 Å². The molecule has 0 unspecified atom stereocenters. The number of carbonyl (C=O) groups is 1. The maximum absolute atomic E-state index is 11.6. The summed E-state index contributed by atoms with van der Waals surface area (Å²) in [5.74, 6) is 0.979. The zero-order valence-electron chi connectivity index (χ0n) is 13.4. The van der Waals surface area contributed by atoms with Gasteiger partial charge in [-0.2, -0.15) is 9.67 Å². The fourth-order valence-electron chi connectivity index (χ4n) is 2.25. The maximum Gasteiger partial charge on any atom is 0.251 e. The summed E-state index contributed by atoms with van der Waals surface area (Å²) in [5, 5.41) is 13.2. The number of aromatic nitrogens is 3. The van der Waals surface area contributed by atoms with Crippen LogP contribution in [0.15, 0.2) is 54.6 Å². The predicted octanol–water partition coefficient (Wildman–Crippen LogP) is 2.41. The van der Waals surface area contributed by atoms with Crippen LogP contribution >= 0.6 is 0 Å². The Balaban J connectivity index is 1.83. The Labute approximate surface area is 139 Å². The van der Waals surface area contributed by atoms with E-state index >= 15 is 0 Å². The molecule has 1 amide bonds. The van der Waals surface area contributed by atoms with E-state index in [9.17, 15) is 4.79 Å². The van der Waals surface area contributed by atoms with Crippen LogP contribution in [0.3, 0.4) is 0 Å². The Bertz CT molecular complexity index is 826. The first-order valence-corrected chi connectivity index (χ1v) is 7.50. The van der Waals surface area contributed by atoms with E-state index in [1.54, 1.807) is 30.9 Å². The minimum absolute atomic E-state index is 0.120. The Hall–Kier alpha value is -3.35. The smallest absolute Gasteiger partial charge is 0.251 e. The number of benzene rings is 2. The summed E-state index contributed by atoms with van der Waals surface area (Å²) < 4.78 is 1.72. The van der Waals surface area contributed by atoms with Crippen LogP contribution < -0.4 is 16.0 Å². The van der Waals surface area contributed by atoms with Gasteiger partial charge >= 0.3 is 0 Å². The number of amides is 1. The number of para-hydroxylation sites is 1. The number of carbonyl (C=O) groups excluding carboxylic acids is 1. The van der Waals surface area contributed by atoms with Gasteiger partial charge in [-0.1, -0.05) is 18.2 Å². The number of hydrogen-bond acceptors (Lipinski definition) is 5. The summed E-state index contributed by atoms with van der Waals surface area (Å²) in [4.78, 5) is 16.0. The molecule has 0 bridgehead atoms. The highest BCUT2D eigenvalue weighted by atomic mass is 16.1. The van der Waals surface area contributed by atoms with Crippen LogP contribution in [0.1, 0.15) is 10.4 Å². The first kappa shape index (κ1) is 15.5. The van der Waals surface area contributed by atoms with E-state index in [-0.39, 0.29) is 5.91 Å². The van der Waals surface area contributed by atoms with Gasteiger partial charge in [0.2, 0.25) is 11.9 Å². The first-order chi connectivity index (χ1) is 11.7. The summed E-state index contributed by atoms with van der Waals surface area (Å²) in [7, 11) is 3.40. The van der Waals surface area contributed by atoms with Crippen molar-refractivity contribution < 1.29 is 4.79 Å². The first-order valence-electron chi connectivity index (χ1n) is 7.50. The van der Waals surface area contributed by atoms with E-state index < -0.39 is 0 Å². The summed E-state index contributed by atoms with van der Waals surface area (Å²) in [6, 6.07) is 16.9. The molecule has 24 heavy (non-hydrogen) atoms. The van der Waals surface area contributed by atoms with Gasteiger partial charge in [0.15, 0.2) is 0 Å².